The first kappa shape index (κ1) is 11.4. The molecule has 0 saturated carbocycles. The standard InChI is InChI=1S/C10H7ClFN5/c11-10-14-5-6(12)9(16-10)15-7-3-1-2-4-8(7)17-13/h1-5,13H,(H,14,15,16). The Morgan fingerprint density at radius 1 is 1.35 bits per heavy atom. The van der Waals surface area contributed by atoms with E-state index in [9.17, 15) is 4.39 Å². The van der Waals surface area contributed by atoms with Crippen LogP contribution in [-0.4, -0.2) is 9.97 Å². The highest BCUT2D eigenvalue weighted by Gasteiger charge is 2.08. The third-order valence-electron chi connectivity index (χ3n) is 1.99. The molecule has 0 radical (unpaired) electrons. The summed E-state index contributed by atoms with van der Waals surface area (Å²) in [6, 6.07) is 6.73. The Labute approximate surface area is 101 Å². The Kier molecular flexibility index (Phi) is 3.24. The van der Waals surface area contributed by atoms with Crippen molar-refractivity contribution in [2.75, 3.05) is 5.32 Å². The maximum Gasteiger partial charge on any atom is 0.224 e. The summed E-state index contributed by atoms with van der Waals surface area (Å²) in [4.78, 5) is 7.21. The molecule has 2 N–H and O–H groups in total. The van der Waals surface area contributed by atoms with Crippen LogP contribution in [0.5, 0.6) is 0 Å². The zero-order valence-corrected chi connectivity index (χ0v) is 9.24. The van der Waals surface area contributed by atoms with Crippen LogP contribution in [0.25, 0.3) is 0 Å². The average Bonchev–Trinajstić information content (AvgIpc) is 2.34. The molecule has 0 saturated heterocycles. The number of aromatic nitrogens is 2. The van der Waals surface area contributed by atoms with Crippen molar-refractivity contribution in [1.29, 1.82) is 5.53 Å². The second-order valence-corrected chi connectivity index (χ2v) is 3.43. The number of hydrogen-bond acceptors (Lipinski definition) is 5. The normalized spacial score (nSPS) is 10.0. The largest absolute Gasteiger partial charge is 0.336 e. The Bertz CT molecular complexity index is 560. The Morgan fingerprint density at radius 3 is 2.88 bits per heavy atom. The number of benzene rings is 1. The fourth-order valence-electron chi connectivity index (χ4n) is 1.24. The minimum Gasteiger partial charge on any atom is -0.336 e. The van der Waals surface area contributed by atoms with Crippen molar-refractivity contribution < 1.29 is 4.39 Å². The highest BCUT2D eigenvalue weighted by molar-refractivity contribution is 6.28. The molecular formula is C10H7ClFN5. The van der Waals surface area contributed by atoms with E-state index in [-0.39, 0.29) is 11.1 Å². The van der Waals surface area contributed by atoms with Gasteiger partial charge in [-0.25, -0.2) is 14.9 Å². The molecule has 86 valence electrons. The van der Waals surface area contributed by atoms with E-state index in [1.165, 1.54) is 0 Å². The van der Waals surface area contributed by atoms with Crippen molar-refractivity contribution in [2.45, 2.75) is 0 Å². The van der Waals surface area contributed by atoms with E-state index in [1.807, 2.05) is 0 Å². The van der Waals surface area contributed by atoms with Crippen LogP contribution in [0.15, 0.2) is 35.6 Å². The van der Waals surface area contributed by atoms with Gasteiger partial charge in [-0.05, 0) is 23.7 Å². The van der Waals surface area contributed by atoms with Gasteiger partial charge in [0.15, 0.2) is 11.6 Å². The van der Waals surface area contributed by atoms with Gasteiger partial charge >= 0.3 is 0 Å². The van der Waals surface area contributed by atoms with Crippen molar-refractivity contribution in [3.8, 4) is 0 Å². The van der Waals surface area contributed by atoms with Crippen LogP contribution >= 0.6 is 11.6 Å². The lowest BCUT2D eigenvalue weighted by Gasteiger charge is -2.07. The Balaban J connectivity index is 2.37. The third kappa shape index (κ3) is 2.54. The predicted octanol–water partition coefficient (Wildman–Crippen LogP) is 3.68. The molecule has 0 unspecified atom stereocenters. The van der Waals surface area contributed by atoms with Crippen molar-refractivity contribution >= 4 is 28.8 Å². The maximum absolute atomic E-state index is 13.4. The van der Waals surface area contributed by atoms with Crippen LogP contribution in [0.4, 0.5) is 21.6 Å². The SMILES string of the molecule is N=Nc1ccccc1Nc1nc(Cl)ncc1F. The monoisotopic (exact) mass is 251 g/mol. The number of anilines is 2. The van der Waals surface area contributed by atoms with Crippen molar-refractivity contribution in [3.63, 3.8) is 0 Å². The van der Waals surface area contributed by atoms with Gasteiger partial charge in [0.2, 0.25) is 5.28 Å². The second-order valence-electron chi connectivity index (χ2n) is 3.09. The number of para-hydroxylation sites is 2. The number of nitrogens with zero attached hydrogens (tertiary/aromatic N) is 3. The molecule has 7 heteroatoms. The van der Waals surface area contributed by atoms with Gasteiger partial charge in [-0.3, -0.25) is 0 Å². The molecule has 0 fully saturated rings. The summed E-state index contributed by atoms with van der Waals surface area (Å²) in [6.45, 7) is 0. The number of hydrogen-bond donors (Lipinski definition) is 2. The summed E-state index contributed by atoms with van der Waals surface area (Å²) < 4.78 is 13.4. The molecule has 17 heavy (non-hydrogen) atoms. The lowest BCUT2D eigenvalue weighted by molar-refractivity contribution is 0.619. The van der Waals surface area contributed by atoms with Crippen LogP contribution < -0.4 is 5.32 Å². The van der Waals surface area contributed by atoms with E-state index in [4.69, 9.17) is 17.1 Å². The molecule has 2 aromatic rings. The summed E-state index contributed by atoms with van der Waals surface area (Å²) in [5, 5.41) is 5.95. The maximum atomic E-state index is 13.4. The molecule has 0 aliphatic heterocycles. The van der Waals surface area contributed by atoms with Gasteiger partial charge in [0.05, 0.1) is 11.9 Å². The molecule has 2 rings (SSSR count). The van der Waals surface area contributed by atoms with Crippen LogP contribution in [-0.2, 0) is 0 Å². The Hall–Kier alpha value is -2.08. The van der Waals surface area contributed by atoms with Crippen molar-refractivity contribution in [2.24, 2.45) is 5.11 Å². The van der Waals surface area contributed by atoms with Crippen LogP contribution in [0, 0.1) is 11.3 Å². The van der Waals surface area contributed by atoms with E-state index in [0.717, 1.165) is 6.20 Å². The van der Waals surface area contributed by atoms with Crippen LogP contribution in [0.3, 0.4) is 0 Å². The fraction of sp³-hybridized carbons (Fsp3) is 0. The minimum absolute atomic E-state index is 0.0545. The summed E-state index contributed by atoms with van der Waals surface area (Å²) in [6.07, 6.45) is 0.970. The van der Waals surface area contributed by atoms with Gasteiger partial charge in [-0.15, -0.1) is 0 Å². The van der Waals surface area contributed by atoms with E-state index in [0.29, 0.717) is 11.4 Å². The first-order valence-electron chi connectivity index (χ1n) is 4.62. The summed E-state index contributed by atoms with van der Waals surface area (Å²) in [7, 11) is 0. The number of nitrogens with one attached hydrogen (secondary N) is 2. The van der Waals surface area contributed by atoms with Crippen molar-refractivity contribution in [3.05, 3.63) is 41.6 Å². The summed E-state index contributed by atoms with van der Waals surface area (Å²) in [5.74, 6) is -0.685. The van der Waals surface area contributed by atoms with Crippen LogP contribution in [0.2, 0.25) is 5.28 Å². The predicted molar refractivity (Wildman–Crippen MR) is 61.5 cm³/mol. The molecule has 0 aliphatic rings. The lowest BCUT2D eigenvalue weighted by Crippen LogP contribution is -1.98. The van der Waals surface area contributed by atoms with Gasteiger partial charge in [0.25, 0.3) is 0 Å². The van der Waals surface area contributed by atoms with Gasteiger partial charge in [0, 0.05) is 0 Å². The molecule has 1 heterocycles. The first-order chi connectivity index (χ1) is 8.20. The van der Waals surface area contributed by atoms with Gasteiger partial charge < -0.3 is 5.32 Å². The van der Waals surface area contributed by atoms with Crippen molar-refractivity contribution in [1.82, 2.24) is 9.97 Å². The molecule has 0 spiro atoms. The molecule has 0 aliphatic carbocycles. The van der Waals surface area contributed by atoms with Gasteiger partial charge in [-0.1, -0.05) is 12.1 Å². The summed E-state index contributed by atoms with van der Waals surface area (Å²) >= 11 is 5.57. The zero-order valence-electron chi connectivity index (χ0n) is 8.48. The van der Waals surface area contributed by atoms with Crippen LogP contribution in [0.1, 0.15) is 0 Å². The molecule has 5 nitrogen and oxygen atoms in total. The third-order valence-corrected chi connectivity index (χ3v) is 2.17. The Morgan fingerprint density at radius 2 is 2.12 bits per heavy atom. The minimum atomic E-state index is -0.630. The molecule has 0 amide bonds. The molecule has 0 atom stereocenters. The summed E-state index contributed by atoms with van der Waals surface area (Å²) in [5.41, 5.74) is 7.82. The smallest absolute Gasteiger partial charge is 0.224 e. The van der Waals surface area contributed by atoms with Gasteiger partial charge in [0.1, 0.15) is 5.69 Å². The first-order valence-corrected chi connectivity index (χ1v) is 5.00. The average molecular weight is 252 g/mol. The molecular weight excluding hydrogens is 245 g/mol. The molecule has 1 aromatic carbocycles. The van der Waals surface area contributed by atoms with E-state index in [2.05, 4.69) is 20.4 Å². The van der Waals surface area contributed by atoms with E-state index >= 15 is 0 Å². The lowest BCUT2D eigenvalue weighted by atomic mass is 10.2. The number of halogens is 2. The fourth-order valence-corrected chi connectivity index (χ4v) is 1.37. The van der Waals surface area contributed by atoms with E-state index < -0.39 is 5.82 Å². The second kappa shape index (κ2) is 4.84. The number of rotatable bonds is 3. The zero-order chi connectivity index (χ0) is 12.3. The topological polar surface area (TPSA) is 74.0 Å². The molecule has 0 bridgehead atoms. The van der Waals surface area contributed by atoms with E-state index in [1.54, 1.807) is 24.3 Å². The molecule has 1 aromatic heterocycles. The highest BCUT2D eigenvalue weighted by Crippen LogP contribution is 2.27. The quantitative estimate of drug-likeness (QED) is 0.645. The van der Waals surface area contributed by atoms with Gasteiger partial charge in [-0.2, -0.15) is 10.1 Å². The highest BCUT2D eigenvalue weighted by atomic mass is 35.5.